The zero-order valence-electron chi connectivity index (χ0n) is 18.4. The number of carbonyl (C=O) groups is 2. The maximum Gasteiger partial charge on any atom is 0.308 e. The first-order chi connectivity index (χ1) is 13.4. The molecule has 4 unspecified atom stereocenters. The van der Waals surface area contributed by atoms with Crippen LogP contribution in [0, 0.1) is 10.8 Å². The highest BCUT2D eigenvalue weighted by Crippen LogP contribution is 2.45. The summed E-state index contributed by atoms with van der Waals surface area (Å²) in [5, 5.41) is 6.23. The van der Waals surface area contributed by atoms with Gasteiger partial charge in [-0.25, -0.2) is 0 Å². The zero-order valence-corrected chi connectivity index (χ0v) is 15.4. The van der Waals surface area contributed by atoms with Crippen molar-refractivity contribution in [1.29, 1.82) is 0 Å². The lowest BCUT2D eigenvalue weighted by molar-refractivity contribution is -0.131. The molecule has 1 amide bonds. The SMILES string of the molecule is [3H]C1C([3H])C(C)(C)CC(C)(CNC(=O)c2cc(N=[N+]=[N-])ccc2OC(C)=O)C1[3H]. The van der Waals surface area contributed by atoms with E-state index in [0.29, 0.717) is 6.42 Å². The van der Waals surface area contributed by atoms with Crippen LogP contribution >= 0.6 is 0 Å². The molecular formula is C19H26N4O3. The van der Waals surface area contributed by atoms with Crippen molar-refractivity contribution < 1.29 is 18.4 Å². The van der Waals surface area contributed by atoms with Gasteiger partial charge in [-0.15, -0.1) is 0 Å². The van der Waals surface area contributed by atoms with Gasteiger partial charge < -0.3 is 10.1 Å². The smallest absolute Gasteiger partial charge is 0.308 e. The van der Waals surface area contributed by atoms with Gasteiger partial charge in [0.2, 0.25) is 0 Å². The molecule has 0 bridgehead atoms. The van der Waals surface area contributed by atoms with Gasteiger partial charge in [-0.3, -0.25) is 9.59 Å². The molecule has 1 saturated carbocycles. The van der Waals surface area contributed by atoms with E-state index in [2.05, 4.69) is 15.3 Å². The van der Waals surface area contributed by atoms with Crippen LogP contribution in [-0.2, 0) is 4.79 Å². The van der Waals surface area contributed by atoms with Gasteiger partial charge >= 0.3 is 5.97 Å². The van der Waals surface area contributed by atoms with Crippen LogP contribution in [0.2, 0.25) is 0 Å². The number of ether oxygens (including phenoxy) is 1. The second-order valence-electron chi connectivity index (χ2n) is 7.49. The number of nitrogens with one attached hydrogen (secondary N) is 1. The third kappa shape index (κ3) is 5.23. The molecule has 1 fully saturated rings. The fourth-order valence-corrected chi connectivity index (χ4v) is 3.25. The first kappa shape index (κ1) is 15.7. The van der Waals surface area contributed by atoms with Crippen molar-refractivity contribution in [2.24, 2.45) is 15.9 Å². The Hall–Kier alpha value is -2.53. The minimum Gasteiger partial charge on any atom is -0.426 e. The minimum atomic E-state index is -0.884. The summed E-state index contributed by atoms with van der Waals surface area (Å²) in [5.74, 6) is -1.11. The molecule has 2 rings (SSSR count). The van der Waals surface area contributed by atoms with E-state index < -0.39 is 41.9 Å². The van der Waals surface area contributed by atoms with Crippen molar-refractivity contribution >= 4 is 17.6 Å². The monoisotopic (exact) mass is 364 g/mol. The summed E-state index contributed by atoms with van der Waals surface area (Å²) < 4.78 is 30.0. The molecule has 0 saturated heterocycles. The Morgan fingerprint density at radius 2 is 2.12 bits per heavy atom. The molecule has 1 aliphatic carbocycles. The highest BCUT2D eigenvalue weighted by Gasteiger charge is 2.36. The van der Waals surface area contributed by atoms with Crippen molar-refractivity contribution in [2.75, 3.05) is 6.54 Å². The number of amides is 1. The van der Waals surface area contributed by atoms with Crippen LogP contribution < -0.4 is 10.1 Å². The molecule has 140 valence electrons. The molecule has 0 heterocycles. The number of esters is 1. The number of hydrogen-bond acceptors (Lipinski definition) is 4. The number of hydrogen-bond donors (Lipinski definition) is 1. The molecule has 1 aromatic carbocycles. The van der Waals surface area contributed by atoms with Gasteiger partial charge in [-0.05, 0) is 53.8 Å². The van der Waals surface area contributed by atoms with E-state index in [4.69, 9.17) is 14.4 Å². The predicted molar refractivity (Wildman–Crippen MR) is 99.2 cm³/mol. The predicted octanol–water partition coefficient (Wildman–Crippen LogP) is 4.89. The molecule has 0 radical (unpaired) electrons. The second-order valence-corrected chi connectivity index (χ2v) is 7.49. The molecule has 0 spiro atoms. The largest absolute Gasteiger partial charge is 0.426 e. The number of benzene rings is 1. The Bertz CT molecular complexity index is 857. The van der Waals surface area contributed by atoms with Crippen LogP contribution in [0.1, 0.15) is 67.8 Å². The number of rotatable bonds is 5. The average molecular weight is 364 g/mol. The van der Waals surface area contributed by atoms with Crippen LogP contribution in [0.25, 0.3) is 10.4 Å². The molecule has 26 heavy (non-hydrogen) atoms. The Labute approximate surface area is 158 Å². The Kier molecular flexibility index (Phi) is 4.70. The van der Waals surface area contributed by atoms with Gasteiger partial charge in [0.15, 0.2) is 0 Å². The third-order valence-electron chi connectivity index (χ3n) is 4.18. The number of carbonyl (C=O) groups excluding carboxylic acids is 2. The van der Waals surface area contributed by atoms with E-state index >= 15 is 0 Å². The first-order valence-electron chi connectivity index (χ1n) is 10.1. The summed E-state index contributed by atoms with van der Waals surface area (Å²) in [7, 11) is 0. The van der Waals surface area contributed by atoms with Crippen LogP contribution in [0.3, 0.4) is 0 Å². The quantitative estimate of drug-likeness (QED) is 0.264. The summed E-state index contributed by atoms with van der Waals surface area (Å²) in [4.78, 5) is 26.8. The van der Waals surface area contributed by atoms with Gasteiger partial charge in [-0.2, -0.15) is 0 Å². The molecule has 1 aliphatic rings. The summed E-state index contributed by atoms with van der Waals surface area (Å²) in [6, 6.07) is 4.13. The fourth-order valence-electron chi connectivity index (χ4n) is 3.25. The van der Waals surface area contributed by atoms with Crippen LogP contribution in [0.4, 0.5) is 5.69 Å². The van der Waals surface area contributed by atoms with Gasteiger partial charge in [-0.1, -0.05) is 32.3 Å². The van der Waals surface area contributed by atoms with E-state index in [9.17, 15) is 9.59 Å². The highest BCUT2D eigenvalue weighted by atomic mass is 16.5. The highest BCUT2D eigenvalue weighted by molar-refractivity contribution is 5.98. The zero-order chi connectivity index (χ0) is 22.0. The summed E-state index contributed by atoms with van der Waals surface area (Å²) >= 11 is 0. The van der Waals surface area contributed by atoms with Crippen molar-refractivity contribution in [3.8, 4) is 5.75 Å². The molecule has 4 atom stereocenters. The molecule has 0 aromatic heterocycles. The third-order valence-corrected chi connectivity index (χ3v) is 4.18. The van der Waals surface area contributed by atoms with Crippen molar-refractivity contribution in [2.45, 2.75) is 53.3 Å². The maximum atomic E-state index is 12.8. The topological polar surface area (TPSA) is 104 Å². The van der Waals surface area contributed by atoms with Crippen molar-refractivity contribution in [3.63, 3.8) is 0 Å². The van der Waals surface area contributed by atoms with Crippen molar-refractivity contribution in [3.05, 3.63) is 34.2 Å². The lowest BCUT2D eigenvalue weighted by Gasteiger charge is -2.43. The summed E-state index contributed by atoms with van der Waals surface area (Å²) in [5.41, 5.74) is 7.68. The fraction of sp³-hybridized carbons (Fsp3) is 0.579. The minimum absolute atomic E-state index is 0.0334. The molecule has 1 N–H and O–H groups in total. The lowest BCUT2D eigenvalue weighted by atomic mass is 9.64. The summed E-state index contributed by atoms with van der Waals surface area (Å²) in [6.07, 6.45) is -1.88. The Morgan fingerprint density at radius 1 is 1.38 bits per heavy atom. The molecule has 7 nitrogen and oxygen atoms in total. The summed E-state index contributed by atoms with van der Waals surface area (Å²) in [6.45, 7) is 6.98. The normalized spacial score (nSPS) is 31.5. The van der Waals surface area contributed by atoms with Gasteiger partial charge in [0.1, 0.15) is 5.75 Å². The maximum absolute atomic E-state index is 12.8. The van der Waals surface area contributed by atoms with Gasteiger partial charge in [0, 0.05) is 28.2 Å². The number of azide groups is 1. The van der Waals surface area contributed by atoms with Gasteiger partial charge in [0.25, 0.3) is 5.91 Å². The average Bonchev–Trinajstić information content (AvgIpc) is 2.64. The van der Waals surface area contributed by atoms with E-state index in [-0.39, 0.29) is 23.5 Å². The van der Waals surface area contributed by atoms with E-state index in [0.717, 1.165) is 0 Å². The molecular weight excluding hydrogens is 332 g/mol. The van der Waals surface area contributed by atoms with Crippen molar-refractivity contribution in [1.82, 2.24) is 5.32 Å². The first-order valence-corrected chi connectivity index (χ1v) is 8.34. The standard InChI is InChI=1S/C19H26N4O3/c1-13(24)26-16-7-6-14(22-23-20)10-15(16)17(25)21-12-19(4)9-5-8-18(2,3)11-19/h6-7,10H,5,8-9,11-12H2,1-4H3,(H,21,25)/i5T,8T,9T. The number of nitrogens with zero attached hydrogens (tertiary/aromatic N) is 3. The lowest BCUT2D eigenvalue weighted by Crippen LogP contribution is -2.41. The Balaban J connectivity index is 2.26. The molecule has 0 aliphatic heterocycles. The van der Waals surface area contributed by atoms with E-state index in [1.54, 1.807) is 0 Å². The van der Waals surface area contributed by atoms with E-state index in [1.807, 2.05) is 20.8 Å². The van der Waals surface area contributed by atoms with E-state index in [1.165, 1.54) is 25.1 Å². The molecule has 1 aromatic rings. The molecule has 7 heteroatoms. The van der Waals surface area contributed by atoms with Gasteiger partial charge in [0.05, 0.1) is 5.56 Å². The van der Waals surface area contributed by atoms with Crippen LogP contribution in [0.15, 0.2) is 23.3 Å². The van der Waals surface area contributed by atoms with Crippen LogP contribution in [-0.4, -0.2) is 18.4 Å². The van der Waals surface area contributed by atoms with Crippen LogP contribution in [0.5, 0.6) is 5.75 Å². The second kappa shape index (κ2) is 7.79. The Morgan fingerprint density at radius 3 is 2.77 bits per heavy atom.